The minimum absolute atomic E-state index is 0. The van der Waals surface area contributed by atoms with Gasteiger partial charge in [0.05, 0.1) is 18.7 Å². The number of ether oxygens (including phenoxy) is 3. The van der Waals surface area contributed by atoms with Crippen molar-refractivity contribution in [1.29, 1.82) is 0 Å². The van der Waals surface area contributed by atoms with Crippen LogP contribution in [-0.4, -0.2) is 172 Å². The van der Waals surface area contributed by atoms with Crippen LogP contribution in [-0.2, 0) is 71.0 Å². The molecule has 3 aromatic carbocycles. The fraction of sp³-hybridized carbons (Fsp3) is 0.535. The zero-order valence-corrected chi connectivity index (χ0v) is 55.6. The topological polar surface area (TPSA) is 337 Å². The number of hydrogen-bond donors (Lipinski definition) is 5. The van der Waals surface area contributed by atoms with Crippen LogP contribution in [0.2, 0.25) is 0 Å². The van der Waals surface area contributed by atoms with Crippen molar-refractivity contribution < 1.29 is 38.2 Å². The van der Waals surface area contributed by atoms with E-state index in [4.69, 9.17) is 29.9 Å². The molecule has 6 unspecified atom stereocenters. The first kappa shape index (κ1) is 72.2. The number of H-pyrrole nitrogens is 3. The molecule has 98 heavy (non-hydrogen) atoms. The summed E-state index contributed by atoms with van der Waals surface area (Å²) in [6.07, 6.45) is 6.34. The molecule has 7 aliphatic rings. The minimum atomic E-state index is -0.507. The Hall–Kier alpha value is -8.57. The Morgan fingerprint density at radius 3 is 1.41 bits per heavy atom. The molecule has 14 rings (SSSR count). The molecule has 0 spiro atoms. The molecule has 6 atom stereocenters. The third-order valence-electron chi connectivity index (χ3n) is 19.4. The standard InChI is InChI=1S/C22H29N5O3.C22H27N5O2.C16H21N5O.C10H13NO5.CH4/c1-15-12-27(13-16-5-3-2-4-6-16)14-18(15)20-24-22(29)19(25-26-20)11-23-21(28)17-7-9-30-10-8-17;1-15-12-26(13-16-5-3-2-4-6-16)14-18(15)20-24-22(28)19-11-23-21(27(19)25-20)17-7-9-29-10-8-17;1-11-8-21(9-12-5-3-2-4-6-12)10-13(11)15-18-16(22)14(7-17)19-20-15;12-8-1-2-9(13)11(8)16-10(14)7-3-5-15-6-4-7;/h2-6,15,17-18H,7-14H2,1H3,(H,23,28)(H,24,26,29);2-6,11,15,17-18H,7-10,12-14H2,1H3,(H,24,25,28);2-6,11,13H,7-10,17H2,1H3,(H,18,20,22);7H,1-6H2;1H4. The van der Waals surface area contributed by atoms with Gasteiger partial charge in [0.15, 0.2) is 5.52 Å². The van der Waals surface area contributed by atoms with E-state index in [2.05, 4.69) is 154 Å². The van der Waals surface area contributed by atoms with Crippen LogP contribution in [0, 0.1) is 29.6 Å². The molecule has 6 N–H and O–H groups in total. The van der Waals surface area contributed by atoms with Gasteiger partial charge in [-0.1, -0.05) is 119 Å². The third kappa shape index (κ3) is 18.8. The number of carbonyl (C=O) groups is 4. The fourth-order valence-corrected chi connectivity index (χ4v) is 13.9. The molecule has 27 heteroatoms. The van der Waals surface area contributed by atoms with Gasteiger partial charge in [0.1, 0.15) is 34.7 Å². The van der Waals surface area contributed by atoms with E-state index < -0.39 is 17.8 Å². The average Bonchev–Trinajstić information content (AvgIpc) is 1.62. The number of hydroxylamine groups is 2. The second-order valence-electron chi connectivity index (χ2n) is 26.6. The van der Waals surface area contributed by atoms with Crippen molar-refractivity contribution in [2.45, 2.75) is 136 Å². The molecule has 7 aliphatic heterocycles. The highest BCUT2D eigenvalue weighted by molar-refractivity contribution is 6.01. The number of amides is 3. The first-order valence-corrected chi connectivity index (χ1v) is 34.1. The number of nitrogens with zero attached hydrogens (tertiary/aromatic N) is 11. The number of hydrogen-bond acceptors (Lipinski definition) is 21. The summed E-state index contributed by atoms with van der Waals surface area (Å²) in [5.74, 6) is 3.28. The predicted molar refractivity (Wildman–Crippen MR) is 363 cm³/mol. The summed E-state index contributed by atoms with van der Waals surface area (Å²) >= 11 is 0. The molecule has 7 aromatic rings. The smallest absolute Gasteiger partial charge is 0.336 e. The van der Waals surface area contributed by atoms with Crippen LogP contribution < -0.4 is 27.7 Å². The molecule has 4 aromatic heterocycles. The van der Waals surface area contributed by atoms with Gasteiger partial charge in [0, 0.05) is 148 Å². The first-order chi connectivity index (χ1) is 47.1. The fourth-order valence-electron chi connectivity index (χ4n) is 13.9. The van der Waals surface area contributed by atoms with E-state index in [9.17, 15) is 33.6 Å². The van der Waals surface area contributed by atoms with Crippen molar-refractivity contribution >= 4 is 29.2 Å². The van der Waals surface area contributed by atoms with Gasteiger partial charge >= 0.3 is 5.97 Å². The lowest BCUT2D eigenvalue weighted by molar-refractivity contribution is -0.202. The Kier molecular flexibility index (Phi) is 25.6. The zero-order valence-electron chi connectivity index (χ0n) is 55.6. The zero-order chi connectivity index (χ0) is 67.8. The van der Waals surface area contributed by atoms with E-state index in [1.165, 1.54) is 16.7 Å². The number of fused-ring (bicyclic) bond motifs is 1. The molecule has 0 bridgehead atoms. The Balaban J connectivity index is 0.000000145. The molecular weight excluding hydrogens is 1250 g/mol. The molecule has 27 nitrogen and oxygen atoms in total. The van der Waals surface area contributed by atoms with Crippen molar-refractivity contribution in [2.75, 3.05) is 78.9 Å². The molecular formula is C71H94N16O11. The molecule has 0 saturated carbocycles. The molecule has 11 heterocycles. The number of imidazole rings is 1. The van der Waals surface area contributed by atoms with E-state index in [0.717, 1.165) is 96.6 Å². The number of likely N-dealkylation sites (tertiary alicyclic amines) is 3. The van der Waals surface area contributed by atoms with Crippen molar-refractivity contribution in [1.82, 2.24) is 75.0 Å². The Bertz CT molecular complexity index is 3920. The SMILES string of the molecule is C.CC1CN(Cc2ccccc2)CC1c1nn2c(C3CCOCC3)ncc2c(=O)[nH]1.CC1CN(Cc2ccccc2)CC1c1nnc(CN)c(=O)[nH]1.CC1CN(Cc2ccccc2)CC1c1nnc(CNC(=O)C2CCOCC2)c(=O)[nH]1.O=C(ON1C(=O)CCC1=O)C1CCOCC1. The Morgan fingerprint density at radius 1 is 0.541 bits per heavy atom. The Morgan fingerprint density at radius 2 is 0.959 bits per heavy atom. The van der Waals surface area contributed by atoms with Crippen LogP contribution in [0.4, 0.5) is 0 Å². The number of imide groups is 1. The van der Waals surface area contributed by atoms with Crippen LogP contribution in [0.1, 0.15) is 155 Å². The molecule has 3 amide bonds. The average molecular weight is 1350 g/mol. The van der Waals surface area contributed by atoms with Crippen LogP contribution in [0.25, 0.3) is 5.52 Å². The highest BCUT2D eigenvalue weighted by Gasteiger charge is 2.38. The summed E-state index contributed by atoms with van der Waals surface area (Å²) in [5.41, 5.74) is 9.81. The van der Waals surface area contributed by atoms with Crippen molar-refractivity contribution in [3.63, 3.8) is 0 Å². The van der Waals surface area contributed by atoms with Crippen LogP contribution >= 0.6 is 0 Å². The maximum atomic E-state index is 12.7. The van der Waals surface area contributed by atoms with E-state index in [1.807, 2.05) is 18.2 Å². The summed E-state index contributed by atoms with van der Waals surface area (Å²) in [6.45, 7) is 18.8. The van der Waals surface area contributed by atoms with Gasteiger partial charge in [-0.15, -0.1) is 25.5 Å². The quantitative estimate of drug-likeness (QED) is 0.0745. The lowest BCUT2D eigenvalue weighted by atomic mass is 9.97. The van der Waals surface area contributed by atoms with Gasteiger partial charge in [-0.25, -0.2) is 14.3 Å². The van der Waals surface area contributed by atoms with E-state index in [1.54, 1.807) is 10.7 Å². The summed E-state index contributed by atoms with van der Waals surface area (Å²) in [7, 11) is 0. The van der Waals surface area contributed by atoms with Crippen molar-refractivity contribution in [3.05, 3.63) is 180 Å². The molecule has 0 aliphatic carbocycles. The number of aromatic amines is 3. The minimum Gasteiger partial charge on any atom is -0.381 e. The number of aromatic nitrogens is 10. The van der Waals surface area contributed by atoms with Gasteiger partial charge in [0.25, 0.3) is 28.5 Å². The van der Waals surface area contributed by atoms with Gasteiger partial charge in [0.2, 0.25) is 5.91 Å². The normalized spacial score (nSPS) is 22.7. The lowest BCUT2D eigenvalue weighted by Crippen LogP contribution is -2.36. The highest BCUT2D eigenvalue weighted by atomic mass is 16.7. The predicted octanol–water partition coefficient (Wildman–Crippen LogP) is 5.51. The largest absolute Gasteiger partial charge is 0.381 e. The third-order valence-corrected chi connectivity index (χ3v) is 19.4. The van der Waals surface area contributed by atoms with E-state index in [-0.39, 0.29) is 96.9 Å². The monoisotopic (exact) mass is 1350 g/mol. The first-order valence-electron chi connectivity index (χ1n) is 34.1. The van der Waals surface area contributed by atoms with Gasteiger partial charge in [-0.3, -0.25) is 43.5 Å². The number of rotatable bonds is 16. The number of nitrogens with one attached hydrogen (secondary N) is 4. The summed E-state index contributed by atoms with van der Waals surface area (Å²) in [5, 5.41) is 24.8. The number of nitrogens with two attached hydrogens (primary N) is 1. The maximum absolute atomic E-state index is 12.7. The molecule has 524 valence electrons. The molecule has 7 saturated heterocycles. The summed E-state index contributed by atoms with van der Waals surface area (Å²) in [6, 6.07) is 31.3. The second kappa shape index (κ2) is 34.8. The summed E-state index contributed by atoms with van der Waals surface area (Å²) in [4.78, 5) is 109. The van der Waals surface area contributed by atoms with Crippen molar-refractivity contribution in [3.8, 4) is 0 Å². The van der Waals surface area contributed by atoms with Crippen molar-refractivity contribution in [2.24, 2.45) is 35.3 Å². The van der Waals surface area contributed by atoms with Crippen LogP contribution in [0.3, 0.4) is 0 Å². The lowest BCUT2D eigenvalue weighted by Gasteiger charge is -2.22. The van der Waals surface area contributed by atoms with Gasteiger partial charge in [-0.05, 0) is 73.0 Å². The number of carbonyl (C=O) groups excluding carboxylic acids is 4. The molecule has 0 radical (unpaired) electrons. The van der Waals surface area contributed by atoms with Crippen LogP contribution in [0.15, 0.2) is 112 Å². The molecule has 7 fully saturated rings. The van der Waals surface area contributed by atoms with Crippen LogP contribution in [0.5, 0.6) is 0 Å². The maximum Gasteiger partial charge on any atom is 0.336 e. The summed E-state index contributed by atoms with van der Waals surface area (Å²) < 4.78 is 17.7. The second-order valence-corrected chi connectivity index (χ2v) is 26.6. The van der Waals surface area contributed by atoms with E-state index in [0.29, 0.717) is 98.0 Å². The number of benzene rings is 3. The van der Waals surface area contributed by atoms with Gasteiger partial charge < -0.3 is 45.1 Å². The highest BCUT2D eigenvalue weighted by Crippen LogP contribution is 2.34. The Labute approximate surface area is 569 Å². The van der Waals surface area contributed by atoms with E-state index >= 15 is 0 Å². The van der Waals surface area contributed by atoms with Gasteiger partial charge in [-0.2, -0.15) is 5.10 Å².